The summed E-state index contributed by atoms with van der Waals surface area (Å²) in [5, 5.41) is 0. The lowest BCUT2D eigenvalue weighted by molar-refractivity contribution is 0.0724. The third-order valence-corrected chi connectivity index (χ3v) is 4.53. The summed E-state index contributed by atoms with van der Waals surface area (Å²) in [6, 6.07) is 5.22. The number of aromatic nitrogens is 2. The minimum atomic E-state index is -0.598. The van der Waals surface area contributed by atoms with Crippen molar-refractivity contribution in [1.82, 2.24) is 14.9 Å². The predicted molar refractivity (Wildman–Crippen MR) is 86.8 cm³/mol. The topological polar surface area (TPSA) is 95.3 Å². The third kappa shape index (κ3) is 2.51. The van der Waals surface area contributed by atoms with E-state index in [0.29, 0.717) is 23.3 Å². The van der Waals surface area contributed by atoms with Crippen LogP contribution in [0.4, 0.5) is 0 Å². The fourth-order valence-electron chi connectivity index (χ4n) is 3.27. The van der Waals surface area contributed by atoms with Gasteiger partial charge in [-0.3, -0.25) is 19.6 Å². The number of hydrogen-bond acceptors (Lipinski definition) is 4. The summed E-state index contributed by atoms with van der Waals surface area (Å²) >= 11 is 0. The Kier molecular flexibility index (Phi) is 3.48. The molecule has 2 aromatic rings. The molecule has 124 valence electrons. The molecule has 1 fully saturated rings. The van der Waals surface area contributed by atoms with Gasteiger partial charge in [0.2, 0.25) is 5.88 Å². The van der Waals surface area contributed by atoms with Crippen molar-refractivity contribution in [2.75, 3.05) is 13.1 Å². The number of ether oxygens (including phenoxy) is 1. The van der Waals surface area contributed by atoms with E-state index in [2.05, 4.69) is 9.97 Å². The molecule has 7 heteroatoms. The summed E-state index contributed by atoms with van der Waals surface area (Å²) in [7, 11) is 0. The number of H-pyrrole nitrogens is 2. The van der Waals surface area contributed by atoms with Crippen LogP contribution >= 0.6 is 0 Å². The zero-order valence-electron chi connectivity index (χ0n) is 13.1. The van der Waals surface area contributed by atoms with Gasteiger partial charge in [-0.1, -0.05) is 0 Å². The van der Waals surface area contributed by atoms with Crippen molar-refractivity contribution >= 4 is 5.91 Å². The smallest absolute Gasteiger partial charge is 0.328 e. The standard InChI is InChI=1S/C17H17N3O4/c21-14-12-9-11-8-10(16(22)20-6-2-1-3-7-20)4-5-13(11)24-15(12)19-17(23)18-14/h4-5,8H,1-3,6-7,9H2,(H2,18,19,21,23). The molecule has 0 saturated carbocycles. The molecule has 2 aliphatic heterocycles. The molecule has 0 unspecified atom stereocenters. The van der Waals surface area contributed by atoms with Crippen LogP contribution in [0.1, 0.15) is 40.7 Å². The van der Waals surface area contributed by atoms with E-state index < -0.39 is 11.2 Å². The van der Waals surface area contributed by atoms with E-state index in [1.165, 1.54) is 6.42 Å². The Morgan fingerprint density at radius 1 is 1.08 bits per heavy atom. The van der Waals surface area contributed by atoms with Crippen LogP contribution in [0.15, 0.2) is 27.8 Å². The van der Waals surface area contributed by atoms with Crippen molar-refractivity contribution in [2.24, 2.45) is 0 Å². The first-order valence-electron chi connectivity index (χ1n) is 8.07. The molecule has 4 rings (SSSR count). The molecular formula is C17H17N3O4. The van der Waals surface area contributed by atoms with Crippen LogP contribution in [0.5, 0.6) is 11.6 Å². The quantitative estimate of drug-likeness (QED) is 0.706. The lowest BCUT2D eigenvalue weighted by Gasteiger charge is -2.27. The van der Waals surface area contributed by atoms with Gasteiger partial charge in [0.1, 0.15) is 5.75 Å². The fraction of sp³-hybridized carbons (Fsp3) is 0.353. The largest absolute Gasteiger partial charge is 0.440 e. The number of amides is 1. The summed E-state index contributed by atoms with van der Waals surface area (Å²) in [5.74, 6) is 0.740. The van der Waals surface area contributed by atoms with Gasteiger partial charge in [0.15, 0.2) is 0 Å². The van der Waals surface area contributed by atoms with Gasteiger partial charge in [0, 0.05) is 30.6 Å². The molecule has 0 radical (unpaired) electrons. The number of nitrogens with zero attached hydrogens (tertiary/aromatic N) is 1. The molecule has 7 nitrogen and oxygen atoms in total. The van der Waals surface area contributed by atoms with E-state index in [1.807, 2.05) is 4.90 Å². The van der Waals surface area contributed by atoms with Gasteiger partial charge in [-0.25, -0.2) is 4.79 Å². The molecule has 2 N–H and O–H groups in total. The van der Waals surface area contributed by atoms with Crippen molar-refractivity contribution in [1.29, 1.82) is 0 Å². The first-order valence-corrected chi connectivity index (χ1v) is 8.07. The third-order valence-electron chi connectivity index (χ3n) is 4.53. The Bertz CT molecular complexity index is 922. The molecule has 0 spiro atoms. The zero-order chi connectivity index (χ0) is 16.7. The average Bonchev–Trinajstić information content (AvgIpc) is 2.60. The van der Waals surface area contributed by atoms with E-state index in [0.717, 1.165) is 31.5 Å². The molecule has 0 atom stereocenters. The second-order valence-corrected chi connectivity index (χ2v) is 6.17. The molecule has 3 heterocycles. The monoisotopic (exact) mass is 327 g/mol. The summed E-state index contributed by atoms with van der Waals surface area (Å²) in [6.07, 6.45) is 3.56. The van der Waals surface area contributed by atoms with Crippen molar-refractivity contribution in [2.45, 2.75) is 25.7 Å². The SMILES string of the molecule is O=C(c1ccc2c(c1)Cc1c([nH]c(=O)[nH]c1=O)O2)N1CCCCC1. The first-order chi connectivity index (χ1) is 11.6. The number of benzene rings is 1. The average molecular weight is 327 g/mol. The number of carbonyl (C=O) groups is 1. The molecule has 0 aliphatic carbocycles. The van der Waals surface area contributed by atoms with Crippen molar-refractivity contribution < 1.29 is 9.53 Å². The highest BCUT2D eigenvalue weighted by Crippen LogP contribution is 2.33. The van der Waals surface area contributed by atoms with E-state index in [4.69, 9.17) is 4.74 Å². The normalized spacial score (nSPS) is 16.1. The Balaban J connectivity index is 1.66. The van der Waals surface area contributed by atoms with Crippen LogP contribution in [0, 0.1) is 0 Å². The van der Waals surface area contributed by atoms with Crippen LogP contribution in [0.25, 0.3) is 0 Å². The Morgan fingerprint density at radius 3 is 2.67 bits per heavy atom. The van der Waals surface area contributed by atoms with Gasteiger partial charge in [-0.2, -0.15) is 0 Å². The van der Waals surface area contributed by atoms with Crippen LogP contribution in [-0.4, -0.2) is 33.9 Å². The molecule has 24 heavy (non-hydrogen) atoms. The molecule has 2 aliphatic rings. The Labute approximate surface area is 137 Å². The highest BCUT2D eigenvalue weighted by atomic mass is 16.5. The molecule has 1 aromatic carbocycles. The number of carbonyl (C=O) groups excluding carboxylic acids is 1. The van der Waals surface area contributed by atoms with E-state index >= 15 is 0 Å². The number of piperidine rings is 1. The van der Waals surface area contributed by atoms with Crippen molar-refractivity contribution in [3.8, 4) is 11.6 Å². The van der Waals surface area contributed by atoms with Crippen LogP contribution in [0.2, 0.25) is 0 Å². The van der Waals surface area contributed by atoms with Gasteiger partial charge in [-0.15, -0.1) is 0 Å². The fourth-order valence-corrected chi connectivity index (χ4v) is 3.27. The maximum absolute atomic E-state index is 12.6. The first kappa shape index (κ1) is 14.7. The summed E-state index contributed by atoms with van der Waals surface area (Å²) < 4.78 is 5.62. The number of nitrogens with one attached hydrogen (secondary N) is 2. The lowest BCUT2D eigenvalue weighted by Crippen LogP contribution is -2.35. The molecule has 1 saturated heterocycles. The second kappa shape index (κ2) is 5.67. The number of rotatable bonds is 1. The van der Waals surface area contributed by atoms with Crippen LogP contribution in [0.3, 0.4) is 0 Å². The van der Waals surface area contributed by atoms with Crippen molar-refractivity contribution in [3.63, 3.8) is 0 Å². The number of likely N-dealkylation sites (tertiary alicyclic amines) is 1. The lowest BCUT2D eigenvalue weighted by atomic mass is 10.00. The Hall–Kier alpha value is -2.83. The minimum Gasteiger partial charge on any atom is -0.440 e. The summed E-state index contributed by atoms with van der Waals surface area (Å²) in [4.78, 5) is 42.4. The van der Waals surface area contributed by atoms with E-state index in [-0.39, 0.29) is 11.8 Å². The predicted octanol–water partition coefficient (Wildman–Crippen LogP) is 1.39. The van der Waals surface area contributed by atoms with Gasteiger partial charge < -0.3 is 9.64 Å². The molecular weight excluding hydrogens is 310 g/mol. The maximum atomic E-state index is 12.6. The van der Waals surface area contributed by atoms with Gasteiger partial charge in [-0.05, 0) is 37.5 Å². The van der Waals surface area contributed by atoms with Gasteiger partial charge >= 0.3 is 5.69 Å². The Morgan fingerprint density at radius 2 is 1.88 bits per heavy atom. The molecule has 1 amide bonds. The van der Waals surface area contributed by atoms with E-state index in [9.17, 15) is 14.4 Å². The maximum Gasteiger partial charge on any atom is 0.328 e. The van der Waals surface area contributed by atoms with Gasteiger partial charge in [0.05, 0.1) is 5.56 Å². The van der Waals surface area contributed by atoms with Crippen LogP contribution in [-0.2, 0) is 6.42 Å². The highest BCUT2D eigenvalue weighted by molar-refractivity contribution is 5.94. The molecule has 0 bridgehead atoms. The number of fused-ring (bicyclic) bond motifs is 2. The zero-order valence-corrected chi connectivity index (χ0v) is 13.1. The molecule has 1 aromatic heterocycles. The van der Waals surface area contributed by atoms with E-state index in [1.54, 1.807) is 18.2 Å². The van der Waals surface area contributed by atoms with Gasteiger partial charge in [0.25, 0.3) is 11.5 Å². The second-order valence-electron chi connectivity index (χ2n) is 6.17. The van der Waals surface area contributed by atoms with Crippen LogP contribution < -0.4 is 16.0 Å². The summed E-state index contributed by atoms with van der Waals surface area (Å²) in [6.45, 7) is 1.58. The number of hydrogen-bond donors (Lipinski definition) is 2. The number of aromatic amines is 2. The van der Waals surface area contributed by atoms with Crippen molar-refractivity contribution in [3.05, 3.63) is 55.7 Å². The minimum absolute atomic E-state index is 0.0127. The summed E-state index contributed by atoms with van der Waals surface area (Å²) in [5.41, 5.74) is 0.669. The highest BCUT2D eigenvalue weighted by Gasteiger charge is 2.24.